The molecule has 2 saturated heterocycles. The number of benzene rings is 1. The number of halogens is 3. The van der Waals surface area contributed by atoms with E-state index in [1.165, 1.54) is 5.56 Å². The molecule has 9 heteroatoms. The van der Waals surface area contributed by atoms with Crippen LogP contribution in [0.15, 0.2) is 30.3 Å². The Morgan fingerprint density at radius 2 is 1.82 bits per heavy atom. The van der Waals surface area contributed by atoms with Crippen molar-refractivity contribution in [1.29, 1.82) is 0 Å². The van der Waals surface area contributed by atoms with E-state index in [9.17, 15) is 18.0 Å². The fourth-order valence-corrected chi connectivity index (χ4v) is 3.44. The highest BCUT2D eigenvalue weighted by atomic mass is 19.4. The molecule has 1 N–H and O–H groups in total. The van der Waals surface area contributed by atoms with Crippen LogP contribution >= 0.6 is 0 Å². The van der Waals surface area contributed by atoms with Gasteiger partial charge >= 0.3 is 12.1 Å². The Balaban J connectivity index is 0.000000345. The van der Waals surface area contributed by atoms with Crippen molar-refractivity contribution < 1.29 is 32.6 Å². The monoisotopic (exact) mass is 402 g/mol. The number of fused-ring (bicyclic) bond motifs is 2. The van der Waals surface area contributed by atoms with E-state index in [-0.39, 0.29) is 24.0 Å². The minimum Gasteiger partial charge on any atom is -0.475 e. The number of hydrogen-bond acceptors (Lipinski definition) is 4. The number of carbonyl (C=O) groups is 2. The molecule has 28 heavy (non-hydrogen) atoms. The number of alkyl halides is 3. The van der Waals surface area contributed by atoms with Crippen LogP contribution in [0.4, 0.5) is 13.2 Å². The molecule has 0 saturated carbocycles. The summed E-state index contributed by atoms with van der Waals surface area (Å²) < 4.78 is 37.7. The zero-order valence-corrected chi connectivity index (χ0v) is 15.9. The maximum atomic E-state index is 12.2. The van der Waals surface area contributed by atoms with Crippen molar-refractivity contribution >= 4 is 11.9 Å². The minimum atomic E-state index is -5.08. The average Bonchev–Trinajstić information content (AvgIpc) is 2.93. The molecule has 3 atom stereocenters. The highest BCUT2D eigenvalue weighted by molar-refractivity contribution is 5.79. The average molecular weight is 402 g/mol. The molecule has 1 aromatic carbocycles. The number of aliphatic carboxylic acids is 1. The second-order valence-corrected chi connectivity index (χ2v) is 7.17. The first-order valence-electron chi connectivity index (χ1n) is 9.01. The highest BCUT2D eigenvalue weighted by Crippen LogP contribution is 2.32. The Labute approximate surface area is 161 Å². The van der Waals surface area contributed by atoms with Gasteiger partial charge in [-0.2, -0.15) is 13.2 Å². The Morgan fingerprint density at radius 1 is 1.21 bits per heavy atom. The molecule has 2 heterocycles. The molecule has 2 fully saturated rings. The first-order valence-corrected chi connectivity index (χ1v) is 9.01. The summed E-state index contributed by atoms with van der Waals surface area (Å²) in [7, 11) is 3.66. The smallest absolute Gasteiger partial charge is 0.475 e. The number of hydrogen-bond donors (Lipinski definition) is 1. The fourth-order valence-electron chi connectivity index (χ4n) is 3.44. The van der Waals surface area contributed by atoms with Gasteiger partial charge in [-0.3, -0.25) is 9.69 Å². The molecule has 1 amide bonds. The molecule has 0 aliphatic carbocycles. The van der Waals surface area contributed by atoms with Crippen molar-refractivity contribution in [3.8, 4) is 0 Å². The van der Waals surface area contributed by atoms with Gasteiger partial charge in [0.15, 0.2) is 0 Å². The van der Waals surface area contributed by atoms with Crippen molar-refractivity contribution in [1.82, 2.24) is 9.80 Å². The quantitative estimate of drug-likeness (QED) is 0.835. The molecular weight excluding hydrogens is 377 g/mol. The van der Waals surface area contributed by atoms with Gasteiger partial charge in [-0.15, -0.1) is 0 Å². The fraction of sp³-hybridized carbons (Fsp3) is 0.579. The number of morpholine rings is 1. The second-order valence-electron chi connectivity index (χ2n) is 7.17. The highest BCUT2D eigenvalue weighted by Gasteiger charge is 2.44. The van der Waals surface area contributed by atoms with Gasteiger partial charge in [-0.1, -0.05) is 30.3 Å². The van der Waals surface area contributed by atoms with Gasteiger partial charge < -0.3 is 14.7 Å². The summed E-state index contributed by atoms with van der Waals surface area (Å²) in [6, 6.07) is 10.6. The van der Waals surface area contributed by atoms with Crippen molar-refractivity contribution in [2.75, 3.05) is 33.7 Å². The molecule has 0 spiro atoms. The van der Waals surface area contributed by atoms with Crippen LogP contribution in [0.2, 0.25) is 0 Å². The summed E-state index contributed by atoms with van der Waals surface area (Å²) in [4.78, 5) is 25.2. The van der Waals surface area contributed by atoms with Crippen LogP contribution < -0.4 is 0 Å². The number of carbonyl (C=O) groups excluding carboxylic acids is 1. The van der Waals surface area contributed by atoms with Gasteiger partial charge in [0.05, 0.1) is 18.1 Å². The zero-order valence-electron chi connectivity index (χ0n) is 15.9. The van der Waals surface area contributed by atoms with E-state index < -0.39 is 12.1 Å². The summed E-state index contributed by atoms with van der Waals surface area (Å²) in [6.45, 7) is 2.89. The molecule has 0 unspecified atom stereocenters. The van der Waals surface area contributed by atoms with Gasteiger partial charge in [0.1, 0.15) is 0 Å². The van der Waals surface area contributed by atoms with E-state index in [1.54, 1.807) is 4.90 Å². The molecule has 2 aliphatic heterocycles. The van der Waals surface area contributed by atoms with E-state index in [0.29, 0.717) is 0 Å². The molecular formula is C19H25F3N2O4. The van der Waals surface area contributed by atoms with Crippen LogP contribution in [-0.2, 0) is 20.7 Å². The van der Waals surface area contributed by atoms with Gasteiger partial charge in [0.2, 0.25) is 5.91 Å². The van der Waals surface area contributed by atoms with E-state index >= 15 is 0 Å². The van der Waals surface area contributed by atoms with Crippen LogP contribution in [0.5, 0.6) is 0 Å². The zero-order chi connectivity index (χ0) is 20.9. The van der Waals surface area contributed by atoms with Crippen LogP contribution in [0, 0.1) is 5.92 Å². The van der Waals surface area contributed by atoms with Crippen molar-refractivity contribution in [2.45, 2.75) is 31.2 Å². The first-order chi connectivity index (χ1) is 13.1. The predicted octanol–water partition coefficient (Wildman–Crippen LogP) is 2.04. The maximum Gasteiger partial charge on any atom is 0.490 e. The summed E-state index contributed by atoms with van der Waals surface area (Å²) in [5.74, 6) is -2.49. The molecule has 2 bridgehead atoms. The van der Waals surface area contributed by atoms with Gasteiger partial charge in [-0.05, 0) is 18.4 Å². The Bertz CT molecular complexity index is 667. The Morgan fingerprint density at radius 3 is 2.36 bits per heavy atom. The van der Waals surface area contributed by atoms with E-state index in [2.05, 4.69) is 35.2 Å². The minimum absolute atomic E-state index is 0.0479. The molecule has 0 radical (unpaired) electrons. The van der Waals surface area contributed by atoms with Crippen molar-refractivity contribution in [3.63, 3.8) is 0 Å². The number of amides is 1. The summed E-state index contributed by atoms with van der Waals surface area (Å²) >= 11 is 0. The lowest BCUT2D eigenvalue weighted by Gasteiger charge is -2.33. The van der Waals surface area contributed by atoms with Gasteiger partial charge in [0, 0.05) is 33.7 Å². The number of nitrogens with zero attached hydrogens (tertiary/aromatic N) is 2. The molecule has 3 rings (SSSR count). The van der Waals surface area contributed by atoms with E-state index in [1.807, 2.05) is 14.1 Å². The van der Waals surface area contributed by atoms with Crippen LogP contribution in [0.3, 0.4) is 0 Å². The van der Waals surface area contributed by atoms with Gasteiger partial charge in [0.25, 0.3) is 0 Å². The Hall–Kier alpha value is -2.13. The van der Waals surface area contributed by atoms with Gasteiger partial charge in [-0.25, -0.2) is 4.79 Å². The molecule has 6 nitrogen and oxygen atoms in total. The van der Waals surface area contributed by atoms with E-state index in [0.717, 1.165) is 32.5 Å². The topological polar surface area (TPSA) is 70.1 Å². The number of ether oxygens (including phenoxy) is 1. The third-order valence-electron chi connectivity index (χ3n) is 4.79. The summed E-state index contributed by atoms with van der Waals surface area (Å²) in [5, 5.41) is 7.12. The van der Waals surface area contributed by atoms with Crippen LogP contribution in [-0.4, -0.2) is 78.9 Å². The number of rotatable bonds is 4. The third-order valence-corrected chi connectivity index (χ3v) is 4.79. The second kappa shape index (κ2) is 9.38. The SMILES string of the molecule is CN(C)C(=O)[C@H]1C[C@@H]2CN(CCc3ccccc3)C[C@H]1O2.O=C(O)C(F)(F)F. The molecule has 2 aliphatic rings. The number of carboxylic acids is 1. The first kappa shape index (κ1) is 22.2. The molecule has 0 aromatic heterocycles. The molecule has 1 aromatic rings. The normalized spacial score (nSPS) is 24.2. The van der Waals surface area contributed by atoms with E-state index in [4.69, 9.17) is 14.6 Å². The van der Waals surface area contributed by atoms with Crippen molar-refractivity contribution in [3.05, 3.63) is 35.9 Å². The van der Waals surface area contributed by atoms with Crippen molar-refractivity contribution in [2.24, 2.45) is 5.92 Å². The lowest BCUT2D eigenvalue weighted by atomic mass is 9.99. The summed E-state index contributed by atoms with van der Waals surface area (Å²) in [6.07, 6.45) is -2.83. The molecule has 156 valence electrons. The van der Waals surface area contributed by atoms with Crippen LogP contribution in [0.25, 0.3) is 0 Å². The lowest BCUT2D eigenvalue weighted by Crippen LogP contribution is -2.45. The standard InChI is InChI=1S/C17H24N2O2.C2HF3O2/c1-18(2)17(20)15-10-14-11-19(12-16(15)21-14)9-8-13-6-4-3-5-7-13;3-2(4,5)1(6)7/h3-7,14-16H,8-12H2,1-2H3;(H,6,7)/t14-,15+,16-;/m1./s1. The predicted molar refractivity (Wildman–Crippen MR) is 95.7 cm³/mol. The number of carboxylic acid groups (broad SMARTS) is 1. The maximum absolute atomic E-state index is 12.2. The van der Waals surface area contributed by atoms with Crippen LogP contribution in [0.1, 0.15) is 12.0 Å². The summed E-state index contributed by atoms with van der Waals surface area (Å²) in [5.41, 5.74) is 1.37. The Kier molecular flexibility index (Phi) is 7.42. The third kappa shape index (κ3) is 6.20. The lowest BCUT2D eigenvalue weighted by molar-refractivity contribution is -0.192. The largest absolute Gasteiger partial charge is 0.490 e. The number of likely N-dealkylation sites (tertiary alicyclic amines) is 1.